The number of amides is 1. The van der Waals surface area contributed by atoms with Crippen LogP contribution in [0.4, 0.5) is 0 Å². The van der Waals surface area contributed by atoms with Gasteiger partial charge in [0, 0.05) is 12.6 Å². The van der Waals surface area contributed by atoms with Crippen molar-refractivity contribution < 1.29 is 23.1 Å². The molecule has 2 heterocycles. The van der Waals surface area contributed by atoms with Gasteiger partial charge < -0.3 is 10.0 Å². The molecule has 1 N–H and O–H groups in total. The number of carbonyl (C=O) groups excluding carboxylic acids is 1. The van der Waals surface area contributed by atoms with Crippen molar-refractivity contribution in [3.8, 4) is 0 Å². The third kappa shape index (κ3) is 3.31. The average molecular weight is 303 g/mol. The van der Waals surface area contributed by atoms with Crippen LogP contribution >= 0.6 is 0 Å². The molecule has 2 aliphatic heterocycles. The first-order chi connectivity index (χ1) is 9.42. The van der Waals surface area contributed by atoms with Crippen molar-refractivity contribution in [3.05, 3.63) is 0 Å². The molecule has 0 aliphatic carbocycles. The average Bonchev–Trinajstić information content (AvgIpc) is 2.37. The van der Waals surface area contributed by atoms with Gasteiger partial charge in [-0.15, -0.1) is 0 Å². The minimum atomic E-state index is -3.36. The molecular weight excluding hydrogens is 282 g/mol. The molecule has 114 valence electrons. The fourth-order valence-electron chi connectivity index (χ4n) is 3.12. The molecule has 1 amide bonds. The maximum absolute atomic E-state index is 12.5. The lowest BCUT2D eigenvalue weighted by atomic mass is 9.98. The zero-order valence-electron chi connectivity index (χ0n) is 11.5. The van der Waals surface area contributed by atoms with Gasteiger partial charge in [0.2, 0.25) is 5.91 Å². The van der Waals surface area contributed by atoms with Crippen molar-refractivity contribution in [1.29, 1.82) is 0 Å². The van der Waals surface area contributed by atoms with E-state index in [4.69, 9.17) is 5.11 Å². The molecule has 2 unspecified atom stereocenters. The lowest BCUT2D eigenvalue weighted by molar-refractivity contribution is -0.141. The summed E-state index contributed by atoms with van der Waals surface area (Å²) in [4.78, 5) is 24.9. The van der Waals surface area contributed by atoms with Crippen LogP contribution < -0.4 is 0 Å². The molecule has 6 nitrogen and oxygen atoms in total. The van der Waals surface area contributed by atoms with E-state index in [2.05, 4.69) is 0 Å². The number of carboxylic acids is 1. The topological polar surface area (TPSA) is 91.8 Å². The molecule has 0 radical (unpaired) electrons. The van der Waals surface area contributed by atoms with E-state index < -0.39 is 21.1 Å². The summed E-state index contributed by atoms with van der Waals surface area (Å²) < 4.78 is 24.1. The summed E-state index contributed by atoms with van der Waals surface area (Å²) >= 11 is 0. The Kier molecular flexibility index (Phi) is 4.67. The van der Waals surface area contributed by atoms with Crippen LogP contribution in [0.3, 0.4) is 0 Å². The van der Waals surface area contributed by atoms with Crippen molar-refractivity contribution in [3.63, 3.8) is 0 Å². The quantitative estimate of drug-likeness (QED) is 0.833. The molecule has 20 heavy (non-hydrogen) atoms. The van der Waals surface area contributed by atoms with Crippen LogP contribution in [0.5, 0.6) is 0 Å². The van der Waals surface area contributed by atoms with Gasteiger partial charge in [-0.05, 0) is 32.1 Å². The molecule has 2 saturated heterocycles. The number of sulfone groups is 1. The van der Waals surface area contributed by atoms with Crippen LogP contribution in [0.25, 0.3) is 0 Å². The summed E-state index contributed by atoms with van der Waals surface area (Å²) in [6.07, 6.45) is 3.98. The summed E-state index contributed by atoms with van der Waals surface area (Å²) in [6, 6.07) is -0.356. The molecule has 0 aromatic heterocycles. The Morgan fingerprint density at radius 3 is 2.45 bits per heavy atom. The van der Waals surface area contributed by atoms with Gasteiger partial charge in [0.05, 0.1) is 12.2 Å². The van der Waals surface area contributed by atoms with Gasteiger partial charge in [-0.2, -0.15) is 0 Å². The maximum atomic E-state index is 12.5. The van der Waals surface area contributed by atoms with Crippen LogP contribution in [-0.4, -0.2) is 53.9 Å². The molecule has 2 rings (SSSR count). The number of carbonyl (C=O) groups is 2. The molecule has 0 aromatic carbocycles. The van der Waals surface area contributed by atoms with Crippen molar-refractivity contribution in [1.82, 2.24) is 4.90 Å². The van der Waals surface area contributed by atoms with E-state index in [1.807, 2.05) is 0 Å². The van der Waals surface area contributed by atoms with Crippen LogP contribution in [0.15, 0.2) is 0 Å². The van der Waals surface area contributed by atoms with E-state index in [1.54, 1.807) is 0 Å². The molecule has 0 saturated carbocycles. The first-order valence-corrected chi connectivity index (χ1v) is 8.87. The third-order valence-electron chi connectivity index (χ3n) is 4.17. The van der Waals surface area contributed by atoms with Crippen LogP contribution in [-0.2, 0) is 19.4 Å². The predicted molar refractivity (Wildman–Crippen MR) is 73.0 cm³/mol. The minimum Gasteiger partial charge on any atom is -0.481 e. The summed E-state index contributed by atoms with van der Waals surface area (Å²) in [5.41, 5.74) is 0. The first-order valence-electron chi connectivity index (χ1n) is 7.15. The number of hydrogen-bond donors (Lipinski definition) is 1. The van der Waals surface area contributed by atoms with Crippen LogP contribution in [0, 0.1) is 0 Å². The standard InChI is InChI=1S/C13H21NO5S/c15-12(16)9-10-5-1-3-7-14(10)13(17)11-6-2-4-8-20(11,18)19/h10-11H,1-9H2,(H,15,16). The molecule has 0 bridgehead atoms. The minimum absolute atomic E-state index is 0.0703. The third-order valence-corrected chi connectivity index (χ3v) is 6.34. The Bertz CT molecular complexity index is 487. The highest BCUT2D eigenvalue weighted by Gasteiger charge is 2.40. The lowest BCUT2D eigenvalue weighted by Gasteiger charge is -2.37. The van der Waals surface area contributed by atoms with Gasteiger partial charge in [0.1, 0.15) is 5.25 Å². The highest BCUT2D eigenvalue weighted by molar-refractivity contribution is 7.92. The molecule has 0 aromatic rings. The number of aliphatic carboxylic acids is 1. The van der Waals surface area contributed by atoms with Gasteiger partial charge in [-0.25, -0.2) is 8.42 Å². The maximum Gasteiger partial charge on any atom is 0.305 e. The molecular formula is C13H21NO5S. The summed E-state index contributed by atoms with van der Waals surface area (Å²) in [6.45, 7) is 0.475. The second-order valence-corrected chi connectivity index (χ2v) is 7.93. The monoisotopic (exact) mass is 303 g/mol. The Labute approximate surface area is 119 Å². The second-order valence-electron chi connectivity index (χ2n) is 5.63. The predicted octanol–water partition coefficient (Wildman–Crippen LogP) is 0.809. The second kappa shape index (κ2) is 6.11. The molecule has 2 fully saturated rings. The summed E-state index contributed by atoms with van der Waals surface area (Å²) in [7, 11) is -3.36. The lowest BCUT2D eigenvalue weighted by Crippen LogP contribution is -2.51. The van der Waals surface area contributed by atoms with E-state index >= 15 is 0 Å². The van der Waals surface area contributed by atoms with E-state index in [1.165, 1.54) is 4.90 Å². The van der Waals surface area contributed by atoms with Crippen molar-refractivity contribution in [2.75, 3.05) is 12.3 Å². The number of hydrogen-bond acceptors (Lipinski definition) is 4. The molecule has 7 heteroatoms. The Balaban J connectivity index is 2.14. The summed E-state index contributed by atoms with van der Waals surface area (Å²) in [5.74, 6) is -1.25. The number of rotatable bonds is 3. The molecule has 2 aliphatic rings. The van der Waals surface area contributed by atoms with Gasteiger partial charge in [-0.1, -0.05) is 6.42 Å². The number of likely N-dealkylation sites (tertiary alicyclic amines) is 1. The Morgan fingerprint density at radius 1 is 1.10 bits per heavy atom. The van der Waals surface area contributed by atoms with Crippen molar-refractivity contribution in [2.45, 2.75) is 56.2 Å². The summed E-state index contributed by atoms with van der Waals surface area (Å²) in [5, 5.41) is 7.97. The highest BCUT2D eigenvalue weighted by atomic mass is 32.2. The van der Waals surface area contributed by atoms with Crippen LogP contribution in [0.1, 0.15) is 44.9 Å². The zero-order valence-corrected chi connectivity index (χ0v) is 12.3. The largest absolute Gasteiger partial charge is 0.481 e. The van der Waals surface area contributed by atoms with Crippen molar-refractivity contribution in [2.24, 2.45) is 0 Å². The smallest absolute Gasteiger partial charge is 0.305 e. The molecule has 2 atom stereocenters. The first kappa shape index (κ1) is 15.3. The van der Waals surface area contributed by atoms with E-state index in [-0.39, 0.29) is 24.1 Å². The van der Waals surface area contributed by atoms with Crippen molar-refractivity contribution >= 4 is 21.7 Å². The highest BCUT2D eigenvalue weighted by Crippen LogP contribution is 2.26. The SMILES string of the molecule is O=C(O)CC1CCCCN1C(=O)C1CCCCS1(=O)=O. The Morgan fingerprint density at radius 2 is 1.80 bits per heavy atom. The number of carboxylic acid groups (broad SMARTS) is 1. The van der Waals surface area contributed by atoms with Gasteiger partial charge >= 0.3 is 5.97 Å². The fraction of sp³-hybridized carbons (Fsp3) is 0.846. The Hall–Kier alpha value is -1.11. The number of piperidine rings is 1. The van der Waals surface area contributed by atoms with Gasteiger partial charge in [0.25, 0.3) is 0 Å². The van der Waals surface area contributed by atoms with E-state index in [0.717, 1.165) is 19.3 Å². The normalized spacial score (nSPS) is 29.9. The fourth-order valence-corrected chi connectivity index (χ4v) is 4.98. The molecule has 0 spiro atoms. The van der Waals surface area contributed by atoms with E-state index in [9.17, 15) is 18.0 Å². The van der Waals surface area contributed by atoms with Crippen LogP contribution in [0.2, 0.25) is 0 Å². The van der Waals surface area contributed by atoms with E-state index in [0.29, 0.717) is 25.8 Å². The van der Waals surface area contributed by atoms with Gasteiger partial charge in [-0.3, -0.25) is 9.59 Å². The zero-order chi connectivity index (χ0) is 14.8. The van der Waals surface area contributed by atoms with Gasteiger partial charge in [0.15, 0.2) is 9.84 Å². The number of nitrogens with zero attached hydrogens (tertiary/aromatic N) is 1.